The van der Waals surface area contributed by atoms with Crippen LogP contribution < -0.4 is 9.47 Å². The number of carboxylic acids is 1. The zero-order valence-electron chi connectivity index (χ0n) is 11.8. The second kappa shape index (κ2) is 7.37. The smallest absolute Gasteiger partial charge is 0.308 e. The lowest BCUT2D eigenvalue weighted by molar-refractivity contribution is -0.143. The van der Waals surface area contributed by atoms with Gasteiger partial charge in [0.25, 0.3) is 5.91 Å². The average molecular weight is 281 g/mol. The van der Waals surface area contributed by atoms with Crippen LogP contribution in [-0.2, 0) is 9.59 Å². The lowest BCUT2D eigenvalue weighted by Crippen LogP contribution is -2.36. The molecule has 1 rings (SSSR count). The van der Waals surface area contributed by atoms with Gasteiger partial charge in [-0.2, -0.15) is 0 Å². The van der Waals surface area contributed by atoms with E-state index < -0.39 is 11.9 Å². The Kier molecular flexibility index (Phi) is 5.83. The van der Waals surface area contributed by atoms with E-state index in [1.54, 1.807) is 45.3 Å². The molecule has 0 spiro atoms. The molecule has 6 nitrogen and oxygen atoms in total. The fourth-order valence-corrected chi connectivity index (χ4v) is 1.54. The molecule has 0 bridgehead atoms. The number of ether oxygens (including phenoxy) is 2. The van der Waals surface area contributed by atoms with Gasteiger partial charge in [0.15, 0.2) is 6.61 Å². The van der Waals surface area contributed by atoms with Crippen molar-refractivity contribution < 1.29 is 24.2 Å². The van der Waals surface area contributed by atoms with Gasteiger partial charge >= 0.3 is 5.97 Å². The number of methoxy groups -OCH3 is 1. The summed E-state index contributed by atoms with van der Waals surface area (Å²) in [5.41, 5.74) is 0. The van der Waals surface area contributed by atoms with Gasteiger partial charge in [0.2, 0.25) is 0 Å². The molecule has 0 aromatic heterocycles. The van der Waals surface area contributed by atoms with Crippen molar-refractivity contribution in [2.45, 2.75) is 6.92 Å². The first-order valence-corrected chi connectivity index (χ1v) is 6.17. The monoisotopic (exact) mass is 281 g/mol. The minimum atomic E-state index is -0.932. The maximum atomic E-state index is 11.8. The summed E-state index contributed by atoms with van der Waals surface area (Å²) in [6, 6.07) is 6.92. The molecule has 0 fully saturated rings. The minimum Gasteiger partial charge on any atom is -0.497 e. The summed E-state index contributed by atoms with van der Waals surface area (Å²) in [6.07, 6.45) is 0. The van der Waals surface area contributed by atoms with E-state index in [2.05, 4.69) is 0 Å². The van der Waals surface area contributed by atoms with Gasteiger partial charge in [-0.05, 0) is 12.1 Å². The number of carbonyl (C=O) groups excluding carboxylic acids is 1. The van der Waals surface area contributed by atoms with Crippen LogP contribution in [0.2, 0.25) is 0 Å². The first kappa shape index (κ1) is 15.8. The van der Waals surface area contributed by atoms with Crippen molar-refractivity contribution in [3.8, 4) is 11.5 Å². The van der Waals surface area contributed by atoms with Crippen LogP contribution >= 0.6 is 0 Å². The Morgan fingerprint density at radius 2 is 2.00 bits per heavy atom. The maximum absolute atomic E-state index is 11.8. The highest BCUT2D eigenvalue weighted by Crippen LogP contribution is 2.18. The quantitative estimate of drug-likeness (QED) is 0.814. The minimum absolute atomic E-state index is 0.143. The zero-order chi connectivity index (χ0) is 15.1. The molecule has 0 aliphatic heterocycles. The molecule has 0 heterocycles. The van der Waals surface area contributed by atoms with Gasteiger partial charge in [-0.25, -0.2) is 0 Å². The first-order valence-electron chi connectivity index (χ1n) is 6.17. The van der Waals surface area contributed by atoms with Gasteiger partial charge in [0.1, 0.15) is 11.5 Å². The Hall–Kier alpha value is -2.24. The van der Waals surface area contributed by atoms with E-state index in [0.29, 0.717) is 11.5 Å². The summed E-state index contributed by atoms with van der Waals surface area (Å²) >= 11 is 0. The topological polar surface area (TPSA) is 76.1 Å². The number of nitrogens with zero attached hydrogens (tertiary/aromatic N) is 1. The van der Waals surface area contributed by atoms with Gasteiger partial charge in [-0.1, -0.05) is 13.0 Å². The molecule has 6 heteroatoms. The molecular formula is C14H19NO5. The predicted octanol–water partition coefficient (Wildman–Crippen LogP) is 1.25. The molecule has 0 saturated carbocycles. The van der Waals surface area contributed by atoms with Crippen LogP contribution in [0, 0.1) is 5.92 Å². The first-order chi connectivity index (χ1) is 9.43. The molecule has 0 radical (unpaired) electrons. The largest absolute Gasteiger partial charge is 0.497 e. The highest BCUT2D eigenvalue weighted by Gasteiger charge is 2.17. The van der Waals surface area contributed by atoms with E-state index in [1.807, 2.05) is 0 Å². The molecule has 1 N–H and O–H groups in total. The number of amides is 1. The second-order valence-corrected chi connectivity index (χ2v) is 4.48. The second-order valence-electron chi connectivity index (χ2n) is 4.48. The number of carbonyl (C=O) groups is 2. The Bertz CT molecular complexity index is 474. The van der Waals surface area contributed by atoms with E-state index in [9.17, 15) is 9.59 Å². The third-order valence-electron chi connectivity index (χ3n) is 2.80. The van der Waals surface area contributed by atoms with Crippen molar-refractivity contribution in [1.29, 1.82) is 0 Å². The molecular weight excluding hydrogens is 262 g/mol. The molecule has 110 valence electrons. The number of benzene rings is 1. The fraction of sp³-hybridized carbons (Fsp3) is 0.429. The number of hydrogen-bond acceptors (Lipinski definition) is 4. The molecule has 0 aliphatic carbocycles. The van der Waals surface area contributed by atoms with E-state index in [-0.39, 0.29) is 19.1 Å². The van der Waals surface area contributed by atoms with Crippen LogP contribution in [-0.4, -0.2) is 49.2 Å². The van der Waals surface area contributed by atoms with Gasteiger partial charge in [0, 0.05) is 19.7 Å². The standard InChI is InChI=1S/C14H19NO5/c1-10(14(17)18)8-15(2)13(16)9-20-12-6-4-5-11(7-12)19-3/h4-7,10H,8-9H2,1-3H3,(H,17,18). The van der Waals surface area contributed by atoms with Crippen molar-refractivity contribution in [1.82, 2.24) is 4.90 Å². The molecule has 1 aromatic rings. The van der Waals surface area contributed by atoms with Crippen LogP contribution in [0.3, 0.4) is 0 Å². The van der Waals surface area contributed by atoms with E-state index in [4.69, 9.17) is 14.6 Å². The van der Waals surface area contributed by atoms with Crippen molar-refractivity contribution in [2.24, 2.45) is 5.92 Å². The summed E-state index contributed by atoms with van der Waals surface area (Å²) in [4.78, 5) is 23.9. The SMILES string of the molecule is COc1cccc(OCC(=O)N(C)CC(C)C(=O)O)c1. The van der Waals surface area contributed by atoms with E-state index in [1.165, 1.54) is 4.90 Å². The Balaban J connectivity index is 2.47. The van der Waals surface area contributed by atoms with Gasteiger partial charge < -0.3 is 19.5 Å². The molecule has 1 amide bonds. The number of rotatable bonds is 7. The molecule has 1 atom stereocenters. The van der Waals surface area contributed by atoms with Crippen LogP contribution in [0.1, 0.15) is 6.92 Å². The third kappa shape index (κ3) is 4.79. The van der Waals surface area contributed by atoms with Gasteiger partial charge in [0.05, 0.1) is 13.0 Å². The van der Waals surface area contributed by atoms with Crippen molar-refractivity contribution >= 4 is 11.9 Å². The lowest BCUT2D eigenvalue weighted by atomic mass is 10.2. The lowest BCUT2D eigenvalue weighted by Gasteiger charge is -2.19. The summed E-state index contributed by atoms with van der Waals surface area (Å²) in [6.45, 7) is 1.56. The van der Waals surface area contributed by atoms with Gasteiger partial charge in [-0.15, -0.1) is 0 Å². The van der Waals surface area contributed by atoms with E-state index >= 15 is 0 Å². The zero-order valence-corrected chi connectivity index (χ0v) is 11.8. The van der Waals surface area contributed by atoms with Crippen LogP contribution in [0.15, 0.2) is 24.3 Å². The van der Waals surface area contributed by atoms with Crippen molar-refractivity contribution in [3.05, 3.63) is 24.3 Å². The van der Waals surface area contributed by atoms with E-state index in [0.717, 1.165) is 0 Å². The highest BCUT2D eigenvalue weighted by atomic mass is 16.5. The average Bonchev–Trinajstić information content (AvgIpc) is 2.44. The summed E-state index contributed by atoms with van der Waals surface area (Å²) in [5.74, 6) is -0.653. The highest BCUT2D eigenvalue weighted by molar-refractivity contribution is 5.78. The van der Waals surface area contributed by atoms with Crippen molar-refractivity contribution in [3.63, 3.8) is 0 Å². The van der Waals surface area contributed by atoms with Gasteiger partial charge in [-0.3, -0.25) is 9.59 Å². The van der Waals surface area contributed by atoms with Crippen molar-refractivity contribution in [2.75, 3.05) is 27.3 Å². The molecule has 1 unspecified atom stereocenters. The predicted molar refractivity (Wildman–Crippen MR) is 72.9 cm³/mol. The molecule has 0 saturated heterocycles. The molecule has 20 heavy (non-hydrogen) atoms. The number of hydrogen-bond donors (Lipinski definition) is 1. The number of likely N-dealkylation sites (N-methyl/N-ethyl adjacent to an activating group) is 1. The third-order valence-corrected chi connectivity index (χ3v) is 2.80. The Morgan fingerprint density at radius 3 is 2.60 bits per heavy atom. The normalized spacial score (nSPS) is 11.6. The fourth-order valence-electron chi connectivity index (χ4n) is 1.54. The maximum Gasteiger partial charge on any atom is 0.308 e. The van der Waals surface area contributed by atoms with Crippen LogP contribution in [0.25, 0.3) is 0 Å². The summed E-state index contributed by atoms with van der Waals surface area (Å²) < 4.78 is 10.4. The summed E-state index contributed by atoms with van der Waals surface area (Å²) in [5, 5.41) is 8.80. The number of carboxylic acid groups (broad SMARTS) is 1. The van der Waals surface area contributed by atoms with Crippen LogP contribution in [0.4, 0.5) is 0 Å². The number of aliphatic carboxylic acids is 1. The van der Waals surface area contributed by atoms with Crippen LogP contribution in [0.5, 0.6) is 11.5 Å². The summed E-state index contributed by atoms with van der Waals surface area (Å²) in [7, 11) is 3.10. The molecule has 0 aliphatic rings. The Labute approximate surface area is 117 Å². The molecule has 1 aromatic carbocycles. The Morgan fingerprint density at radius 1 is 1.35 bits per heavy atom.